The molecule has 0 aliphatic carbocycles. The van der Waals surface area contributed by atoms with Gasteiger partial charge in [0.2, 0.25) is 5.91 Å². The van der Waals surface area contributed by atoms with E-state index in [0.717, 1.165) is 15.9 Å². The van der Waals surface area contributed by atoms with Crippen molar-refractivity contribution in [3.63, 3.8) is 0 Å². The van der Waals surface area contributed by atoms with Gasteiger partial charge in [0.1, 0.15) is 6.54 Å². The first-order valence-electron chi connectivity index (χ1n) is 6.10. The molecule has 1 heterocycles. The molecule has 1 atom stereocenters. The van der Waals surface area contributed by atoms with Crippen molar-refractivity contribution in [2.45, 2.75) is 26.5 Å². The smallest absolute Gasteiger partial charge is 0.241 e. The Morgan fingerprint density at radius 1 is 1.53 bits per heavy atom. The molecule has 0 spiro atoms. The van der Waals surface area contributed by atoms with E-state index >= 15 is 0 Å². The Morgan fingerprint density at radius 2 is 2.16 bits per heavy atom. The fraction of sp³-hybridized carbons (Fsp3) is 0.667. The van der Waals surface area contributed by atoms with Gasteiger partial charge in [-0.2, -0.15) is 5.10 Å². The maximum atomic E-state index is 11.8. The lowest BCUT2D eigenvalue weighted by atomic mass is 10.3. The first-order valence-corrected chi connectivity index (χ1v) is 6.89. The topological polar surface area (TPSA) is 70.4 Å². The third kappa shape index (κ3) is 4.93. The number of nitrogens with zero attached hydrogens (tertiary/aromatic N) is 3. The SMILES string of the molecule is Cc1nn(CC(=O)NCC(O)CN(C)C)c(C)c1Br. The fourth-order valence-electron chi connectivity index (χ4n) is 1.74. The number of hydrogen-bond donors (Lipinski definition) is 2. The predicted molar refractivity (Wildman–Crippen MR) is 77.0 cm³/mol. The van der Waals surface area contributed by atoms with E-state index in [-0.39, 0.29) is 19.0 Å². The van der Waals surface area contributed by atoms with Gasteiger partial charge >= 0.3 is 0 Å². The Kier molecular flexibility index (Phi) is 5.96. The molecule has 19 heavy (non-hydrogen) atoms. The van der Waals surface area contributed by atoms with Crippen LogP contribution < -0.4 is 5.32 Å². The molecule has 1 aromatic rings. The van der Waals surface area contributed by atoms with Crippen LogP contribution in [0, 0.1) is 13.8 Å². The van der Waals surface area contributed by atoms with Gasteiger partial charge in [-0.05, 0) is 43.9 Å². The summed E-state index contributed by atoms with van der Waals surface area (Å²) >= 11 is 3.42. The molecule has 108 valence electrons. The molecular formula is C12H21BrN4O2. The number of aliphatic hydroxyl groups is 1. The molecule has 1 aromatic heterocycles. The van der Waals surface area contributed by atoms with Crippen LogP contribution >= 0.6 is 15.9 Å². The average molecular weight is 333 g/mol. The van der Waals surface area contributed by atoms with E-state index in [1.165, 1.54) is 0 Å². The molecule has 1 rings (SSSR count). The number of amides is 1. The van der Waals surface area contributed by atoms with Crippen molar-refractivity contribution in [1.82, 2.24) is 20.0 Å². The second-order valence-corrected chi connectivity index (χ2v) is 5.66. The minimum Gasteiger partial charge on any atom is -0.390 e. The molecule has 0 radical (unpaired) electrons. The zero-order valence-electron chi connectivity index (χ0n) is 11.8. The molecule has 0 aromatic carbocycles. The Balaban J connectivity index is 2.45. The van der Waals surface area contributed by atoms with E-state index in [1.807, 2.05) is 32.8 Å². The number of likely N-dealkylation sites (N-methyl/N-ethyl adjacent to an activating group) is 1. The summed E-state index contributed by atoms with van der Waals surface area (Å²) in [4.78, 5) is 13.6. The Hall–Kier alpha value is -0.920. The summed E-state index contributed by atoms with van der Waals surface area (Å²) in [6, 6.07) is 0. The van der Waals surface area contributed by atoms with Gasteiger partial charge in [-0.3, -0.25) is 9.48 Å². The van der Waals surface area contributed by atoms with E-state index in [2.05, 4.69) is 26.3 Å². The zero-order valence-corrected chi connectivity index (χ0v) is 13.4. The van der Waals surface area contributed by atoms with Crippen LogP contribution in [-0.4, -0.2) is 59.0 Å². The maximum Gasteiger partial charge on any atom is 0.241 e. The minimum atomic E-state index is -0.564. The molecule has 0 fully saturated rings. The normalized spacial score (nSPS) is 12.8. The molecule has 0 aliphatic heterocycles. The highest BCUT2D eigenvalue weighted by molar-refractivity contribution is 9.10. The molecule has 0 saturated carbocycles. The molecule has 6 nitrogen and oxygen atoms in total. The van der Waals surface area contributed by atoms with Crippen LogP contribution in [0.3, 0.4) is 0 Å². The van der Waals surface area contributed by atoms with Crippen LogP contribution in [0.2, 0.25) is 0 Å². The number of aliphatic hydroxyl groups excluding tert-OH is 1. The maximum absolute atomic E-state index is 11.8. The summed E-state index contributed by atoms with van der Waals surface area (Å²) in [6.07, 6.45) is -0.564. The summed E-state index contributed by atoms with van der Waals surface area (Å²) in [5.41, 5.74) is 1.78. The summed E-state index contributed by atoms with van der Waals surface area (Å²) in [7, 11) is 3.75. The first kappa shape index (κ1) is 16.1. The lowest BCUT2D eigenvalue weighted by Crippen LogP contribution is -2.39. The summed E-state index contributed by atoms with van der Waals surface area (Å²) in [6.45, 7) is 4.71. The quantitative estimate of drug-likeness (QED) is 0.786. The van der Waals surface area contributed by atoms with Crippen molar-refractivity contribution >= 4 is 21.8 Å². The number of aryl methyl sites for hydroxylation is 1. The lowest BCUT2D eigenvalue weighted by molar-refractivity contribution is -0.122. The largest absolute Gasteiger partial charge is 0.390 e. The molecule has 2 N–H and O–H groups in total. The van der Waals surface area contributed by atoms with Crippen LogP contribution in [0.5, 0.6) is 0 Å². The van der Waals surface area contributed by atoms with E-state index in [4.69, 9.17) is 0 Å². The highest BCUT2D eigenvalue weighted by Crippen LogP contribution is 2.19. The van der Waals surface area contributed by atoms with E-state index in [9.17, 15) is 9.90 Å². The molecule has 0 bridgehead atoms. The standard InChI is InChI=1S/C12H21BrN4O2/c1-8-12(13)9(2)17(15-8)7-11(19)14-5-10(18)6-16(3)4/h10,18H,5-7H2,1-4H3,(H,14,19). The van der Waals surface area contributed by atoms with Gasteiger partial charge in [0, 0.05) is 13.1 Å². The number of rotatable bonds is 6. The zero-order chi connectivity index (χ0) is 14.6. The summed E-state index contributed by atoms with van der Waals surface area (Å²) in [5, 5.41) is 16.6. The van der Waals surface area contributed by atoms with Crippen molar-refractivity contribution in [3.05, 3.63) is 15.9 Å². The minimum absolute atomic E-state index is 0.157. The Morgan fingerprint density at radius 3 is 2.63 bits per heavy atom. The number of carbonyl (C=O) groups excluding carboxylic acids is 1. The van der Waals surface area contributed by atoms with E-state index in [1.54, 1.807) is 4.68 Å². The number of hydrogen-bond acceptors (Lipinski definition) is 4. The molecular weight excluding hydrogens is 312 g/mol. The Bertz CT molecular complexity index is 445. The van der Waals surface area contributed by atoms with Crippen LogP contribution in [0.4, 0.5) is 0 Å². The molecule has 0 saturated heterocycles. The van der Waals surface area contributed by atoms with Gasteiger partial charge in [-0.15, -0.1) is 0 Å². The molecule has 1 amide bonds. The molecule has 0 aliphatic rings. The van der Waals surface area contributed by atoms with Crippen molar-refractivity contribution in [1.29, 1.82) is 0 Å². The van der Waals surface area contributed by atoms with E-state index < -0.39 is 6.10 Å². The van der Waals surface area contributed by atoms with Crippen LogP contribution in [0.25, 0.3) is 0 Å². The number of nitrogens with one attached hydrogen (secondary N) is 1. The second kappa shape index (κ2) is 7.02. The monoisotopic (exact) mass is 332 g/mol. The van der Waals surface area contributed by atoms with Crippen molar-refractivity contribution < 1.29 is 9.90 Å². The van der Waals surface area contributed by atoms with Crippen molar-refractivity contribution in [2.24, 2.45) is 0 Å². The molecule has 1 unspecified atom stereocenters. The van der Waals surface area contributed by atoms with Crippen LogP contribution in [-0.2, 0) is 11.3 Å². The van der Waals surface area contributed by atoms with Gasteiger partial charge < -0.3 is 15.3 Å². The van der Waals surface area contributed by atoms with Crippen LogP contribution in [0.1, 0.15) is 11.4 Å². The van der Waals surface area contributed by atoms with Gasteiger partial charge in [0.05, 0.1) is 22.0 Å². The fourth-order valence-corrected chi connectivity index (χ4v) is 2.02. The average Bonchev–Trinajstić information content (AvgIpc) is 2.54. The Labute approximate surface area is 121 Å². The lowest BCUT2D eigenvalue weighted by Gasteiger charge is -2.16. The predicted octanol–water partition coefficient (Wildman–Crippen LogP) is 0.301. The summed E-state index contributed by atoms with van der Waals surface area (Å²) in [5.74, 6) is -0.157. The summed E-state index contributed by atoms with van der Waals surface area (Å²) < 4.78 is 2.57. The van der Waals surface area contributed by atoms with Crippen molar-refractivity contribution in [2.75, 3.05) is 27.2 Å². The second-order valence-electron chi connectivity index (χ2n) is 4.86. The van der Waals surface area contributed by atoms with Gasteiger partial charge in [0.15, 0.2) is 0 Å². The van der Waals surface area contributed by atoms with Gasteiger partial charge in [-0.1, -0.05) is 0 Å². The highest BCUT2D eigenvalue weighted by Gasteiger charge is 2.13. The number of halogens is 1. The van der Waals surface area contributed by atoms with Crippen LogP contribution in [0.15, 0.2) is 4.47 Å². The number of aromatic nitrogens is 2. The third-order valence-corrected chi connectivity index (χ3v) is 3.84. The highest BCUT2D eigenvalue weighted by atomic mass is 79.9. The van der Waals surface area contributed by atoms with Gasteiger partial charge in [-0.25, -0.2) is 0 Å². The van der Waals surface area contributed by atoms with E-state index in [0.29, 0.717) is 6.54 Å². The van der Waals surface area contributed by atoms with Crippen molar-refractivity contribution in [3.8, 4) is 0 Å². The number of carbonyl (C=O) groups is 1. The molecule has 7 heteroatoms. The first-order chi connectivity index (χ1) is 8.81. The third-order valence-electron chi connectivity index (χ3n) is 2.70. The van der Waals surface area contributed by atoms with Gasteiger partial charge in [0.25, 0.3) is 0 Å².